The lowest BCUT2D eigenvalue weighted by molar-refractivity contribution is -0.120. The topological polar surface area (TPSA) is 65.0 Å². The lowest BCUT2D eigenvalue weighted by Gasteiger charge is -2.39. The molecule has 0 atom stereocenters. The quantitative estimate of drug-likeness (QED) is 0.919. The number of rotatable bonds is 3. The van der Waals surface area contributed by atoms with E-state index in [1.165, 1.54) is 19.3 Å². The molecule has 0 aromatic heterocycles. The molecule has 25 heavy (non-hydrogen) atoms. The predicted molar refractivity (Wildman–Crippen MR) is 96.9 cm³/mol. The number of nitrogens with zero attached hydrogens (tertiary/aromatic N) is 3. The molecule has 1 fully saturated rings. The van der Waals surface area contributed by atoms with Crippen LogP contribution in [0.5, 0.6) is 0 Å². The smallest absolute Gasteiger partial charge is 0.330 e. The maximum absolute atomic E-state index is 12.9. The fourth-order valence-electron chi connectivity index (χ4n) is 3.99. The van der Waals surface area contributed by atoms with Gasteiger partial charge < -0.3 is 5.32 Å². The molecule has 0 unspecified atom stereocenters. The Morgan fingerprint density at radius 1 is 1.16 bits per heavy atom. The van der Waals surface area contributed by atoms with Crippen molar-refractivity contribution < 1.29 is 9.59 Å². The van der Waals surface area contributed by atoms with Crippen LogP contribution in [0, 0.1) is 0 Å². The highest BCUT2D eigenvalue weighted by atomic mass is 16.2. The van der Waals surface area contributed by atoms with Gasteiger partial charge in [-0.15, -0.1) is 0 Å². The van der Waals surface area contributed by atoms with Gasteiger partial charge in [-0.25, -0.2) is 4.79 Å². The van der Waals surface area contributed by atoms with Gasteiger partial charge in [-0.05, 0) is 31.4 Å². The Labute approximate surface area is 147 Å². The average Bonchev–Trinajstić information content (AvgIpc) is 2.66. The Morgan fingerprint density at radius 2 is 1.96 bits per heavy atom. The van der Waals surface area contributed by atoms with E-state index in [9.17, 15) is 9.59 Å². The second kappa shape index (κ2) is 6.86. The molecule has 1 aromatic rings. The largest absolute Gasteiger partial charge is 0.352 e. The van der Waals surface area contributed by atoms with Crippen molar-refractivity contribution in [3.8, 4) is 0 Å². The number of carbonyl (C=O) groups excluding carboxylic acids is 2. The number of anilines is 1. The van der Waals surface area contributed by atoms with E-state index in [1.807, 2.05) is 24.3 Å². The highest BCUT2D eigenvalue weighted by molar-refractivity contribution is 6.20. The second-order valence-corrected chi connectivity index (χ2v) is 7.00. The van der Waals surface area contributed by atoms with E-state index >= 15 is 0 Å². The van der Waals surface area contributed by atoms with Crippen molar-refractivity contribution >= 4 is 23.5 Å². The van der Waals surface area contributed by atoms with E-state index in [2.05, 4.69) is 10.3 Å². The van der Waals surface area contributed by atoms with Crippen LogP contribution in [0.15, 0.2) is 29.3 Å². The molecule has 3 amide bonds. The summed E-state index contributed by atoms with van der Waals surface area (Å²) in [7, 11) is 0. The van der Waals surface area contributed by atoms with Gasteiger partial charge in [-0.1, -0.05) is 31.4 Å². The summed E-state index contributed by atoms with van der Waals surface area (Å²) in [5.41, 5.74) is 1.72. The number of fused-ring (bicyclic) bond motifs is 3. The number of nitrogens with one attached hydrogen (secondary N) is 1. The van der Waals surface area contributed by atoms with Crippen LogP contribution < -0.4 is 10.2 Å². The Bertz CT molecular complexity index is 709. The van der Waals surface area contributed by atoms with Gasteiger partial charge in [0.2, 0.25) is 5.91 Å². The zero-order valence-corrected chi connectivity index (χ0v) is 14.4. The molecule has 0 saturated heterocycles. The molecule has 6 nitrogen and oxygen atoms in total. The molecule has 2 heterocycles. The molecule has 0 radical (unpaired) electrons. The number of hydrogen-bond donors (Lipinski definition) is 1. The van der Waals surface area contributed by atoms with E-state index in [1.54, 1.807) is 9.80 Å². The summed E-state index contributed by atoms with van der Waals surface area (Å²) in [6, 6.07) is 7.83. The Morgan fingerprint density at radius 3 is 2.80 bits per heavy atom. The van der Waals surface area contributed by atoms with E-state index < -0.39 is 0 Å². The van der Waals surface area contributed by atoms with Crippen molar-refractivity contribution in [1.29, 1.82) is 0 Å². The summed E-state index contributed by atoms with van der Waals surface area (Å²) in [5.74, 6) is 0.670. The molecule has 0 bridgehead atoms. The minimum absolute atomic E-state index is 0.0656. The van der Waals surface area contributed by atoms with Gasteiger partial charge in [0.1, 0.15) is 12.4 Å². The summed E-state index contributed by atoms with van der Waals surface area (Å²) in [5, 5.41) is 3.11. The molecule has 1 saturated carbocycles. The molecule has 4 rings (SSSR count). The van der Waals surface area contributed by atoms with Gasteiger partial charge in [0, 0.05) is 24.7 Å². The highest BCUT2D eigenvalue weighted by Gasteiger charge is 2.36. The third kappa shape index (κ3) is 3.13. The molecule has 1 N–H and O–H groups in total. The molecule has 6 heteroatoms. The van der Waals surface area contributed by atoms with Crippen molar-refractivity contribution in [2.45, 2.75) is 44.6 Å². The third-order valence-electron chi connectivity index (χ3n) is 5.23. The maximum Gasteiger partial charge on any atom is 0.330 e. The third-order valence-corrected chi connectivity index (χ3v) is 5.23. The molecular formula is C19H24N4O2. The summed E-state index contributed by atoms with van der Waals surface area (Å²) in [6.07, 6.45) is 6.54. The number of para-hydroxylation sites is 1. The highest BCUT2D eigenvalue weighted by Crippen LogP contribution is 2.30. The first kappa shape index (κ1) is 16.1. The second-order valence-electron chi connectivity index (χ2n) is 7.00. The molecular weight excluding hydrogens is 316 g/mol. The monoisotopic (exact) mass is 340 g/mol. The van der Waals surface area contributed by atoms with Crippen molar-refractivity contribution in [2.75, 3.05) is 24.5 Å². The lowest BCUT2D eigenvalue weighted by Crippen LogP contribution is -2.55. The van der Waals surface area contributed by atoms with Gasteiger partial charge in [0.25, 0.3) is 0 Å². The normalized spacial score (nSPS) is 20.6. The van der Waals surface area contributed by atoms with Crippen LogP contribution >= 0.6 is 0 Å². The van der Waals surface area contributed by atoms with Crippen LogP contribution in [0.3, 0.4) is 0 Å². The number of carbonyl (C=O) groups is 2. The summed E-state index contributed by atoms with van der Waals surface area (Å²) in [6.45, 7) is 1.47. The predicted octanol–water partition coefficient (Wildman–Crippen LogP) is 2.53. The van der Waals surface area contributed by atoms with E-state index in [0.717, 1.165) is 42.9 Å². The van der Waals surface area contributed by atoms with Gasteiger partial charge in [0.05, 0.1) is 5.69 Å². The summed E-state index contributed by atoms with van der Waals surface area (Å²) >= 11 is 0. The summed E-state index contributed by atoms with van der Waals surface area (Å²) < 4.78 is 0. The van der Waals surface area contributed by atoms with Crippen LogP contribution in [-0.4, -0.2) is 48.3 Å². The molecule has 132 valence electrons. The van der Waals surface area contributed by atoms with Crippen molar-refractivity contribution in [2.24, 2.45) is 4.99 Å². The fourth-order valence-corrected chi connectivity index (χ4v) is 3.99. The first-order valence-electron chi connectivity index (χ1n) is 9.26. The van der Waals surface area contributed by atoms with Gasteiger partial charge in [-0.2, -0.15) is 0 Å². The molecule has 0 spiro atoms. The zero-order valence-electron chi connectivity index (χ0n) is 14.4. The van der Waals surface area contributed by atoms with E-state index in [-0.39, 0.29) is 24.5 Å². The Kier molecular flexibility index (Phi) is 4.42. The number of amides is 3. The minimum atomic E-state index is -0.143. The van der Waals surface area contributed by atoms with Crippen LogP contribution in [0.4, 0.5) is 10.5 Å². The number of amidine groups is 1. The van der Waals surface area contributed by atoms with Crippen molar-refractivity contribution in [1.82, 2.24) is 10.2 Å². The SMILES string of the molecule is O=C(CN1C(=O)N2CCCN=C2c2ccccc21)NC1CCCCC1. The van der Waals surface area contributed by atoms with Crippen LogP contribution in [-0.2, 0) is 4.79 Å². The molecule has 1 aliphatic carbocycles. The number of hydrogen-bond acceptors (Lipinski definition) is 3. The number of urea groups is 1. The van der Waals surface area contributed by atoms with Crippen LogP contribution in [0.1, 0.15) is 44.1 Å². The van der Waals surface area contributed by atoms with Gasteiger partial charge in [0.15, 0.2) is 0 Å². The molecule has 3 aliphatic rings. The first-order chi connectivity index (χ1) is 12.2. The Balaban J connectivity index is 1.56. The van der Waals surface area contributed by atoms with Gasteiger partial charge >= 0.3 is 6.03 Å². The Hall–Kier alpha value is -2.37. The zero-order chi connectivity index (χ0) is 17.2. The molecule has 2 aliphatic heterocycles. The number of aliphatic imine (C=N–C) groups is 1. The van der Waals surface area contributed by atoms with Crippen LogP contribution in [0.25, 0.3) is 0 Å². The van der Waals surface area contributed by atoms with E-state index in [0.29, 0.717) is 6.54 Å². The van der Waals surface area contributed by atoms with Crippen molar-refractivity contribution in [3.05, 3.63) is 29.8 Å². The maximum atomic E-state index is 12.9. The average molecular weight is 340 g/mol. The fraction of sp³-hybridized carbons (Fsp3) is 0.526. The summed E-state index contributed by atoms with van der Waals surface area (Å²) in [4.78, 5) is 33.3. The minimum Gasteiger partial charge on any atom is -0.352 e. The van der Waals surface area contributed by atoms with Gasteiger partial charge in [-0.3, -0.25) is 19.6 Å². The lowest BCUT2D eigenvalue weighted by atomic mass is 9.95. The molecule has 1 aromatic carbocycles. The van der Waals surface area contributed by atoms with Crippen LogP contribution in [0.2, 0.25) is 0 Å². The van der Waals surface area contributed by atoms with Crippen molar-refractivity contribution in [3.63, 3.8) is 0 Å². The standard InChI is InChI=1S/C19H24N4O2/c24-17(21-14-7-2-1-3-8-14)13-23-16-10-5-4-9-15(16)18-20-11-6-12-22(18)19(23)25/h4-5,9-10,14H,1-3,6-8,11-13H2,(H,21,24). The van der Waals surface area contributed by atoms with E-state index in [4.69, 9.17) is 0 Å². The number of benzene rings is 1. The first-order valence-corrected chi connectivity index (χ1v) is 9.26.